The van der Waals surface area contributed by atoms with Crippen LogP contribution >= 0.6 is 11.3 Å². The van der Waals surface area contributed by atoms with Crippen LogP contribution in [0.5, 0.6) is 0 Å². The third kappa shape index (κ3) is 5.60. The van der Waals surface area contributed by atoms with Gasteiger partial charge in [-0.1, -0.05) is 12.8 Å². The maximum atomic E-state index is 11.9. The van der Waals surface area contributed by atoms with E-state index in [0.29, 0.717) is 13.0 Å². The Morgan fingerprint density at radius 2 is 2.11 bits per heavy atom. The number of rotatable bonds is 8. The summed E-state index contributed by atoms with van der Waals surface area (Å²) in [6.07, 6.45) is 4.86. The van der Waals surface area contributed by atoms with Crippen molar-refractivity contribution in [2.24, 2.45) is 5.73 Å². The van der Waals surface area contributed by atoms with Gasteiger partial charge in [0.2, 0.25) is 5.91 Å². The Balaban J connectivity index is 2.20. The molecule has 2 N–H and O–H groups in total. The summed E-state index contributed by atoms with van der Waals surface area (Å²) in [7, 11) is 1.84. The summed E-state index contributed by atoms with van der Waals surface area (Å²) in [5.74, 6) is 0.202. The molecule has 0 saturated heterocycles. The van der Waals surface area contributed by atoms with E-state index in [9.17, 15) is 4.79 Å². The second-order valence-electron chi connectivity index (χ2n) is 4.56. The second-order valence-corrected chi connectivity index (χ2v) is 5.62. The lowest BCUT2D eigenvalue weighted by atomic mass is 10.1. The largest absolute Gasteiger partial charge is 0.340 e. The number of unbranched alkanes of at least 4 members (excludes halogenated alkanes) is 3. The van der Waals surface area contributed by atoms with Crippen LogP contribution in [0.2, 0.25) is 0 Å². The molecular formula is C13H23N3OS. The molecule has 0 aliphatic heterocycles. The van der Waals surface area contributed by atoms with Crippen molar-refractivity contribution in [1.82, 2.24) is 9.88 Å². The maximum Gasteiger partial charge on any atom is 0.222 e. The first kappa shape index (κ1) is 15.1. The van der Waals surface area contributed by atoms with Crippen LogP contribution in [0, 0.1) is 6.92 Å². The summed E-state index contributed by atoms with van der Waals surface area (Å²) in [5, 5.41) is 3.06. The quantitative estimate of drug-likeness (QED) is 0.737. The van der Waals surface area contributed by atoms with Gasteiger partial charge in [0.25, 0.3) is 0 Å². The highest BCUT2D eigenvalue weighted by atomic mass is 32.1. The van der Waals surface area contributed by atoms with Crippen LogP contribution in [0.1, 0.15) is 42.8 Å². The van der Waals surface area contributed by atoms with Crippen LogP contribution < -0.4 is 5.73 Å². The molecule has 1 heterocycles. The van der Waals surface area contributed by atoms with Crippen molar-refractivity contribution in [3.63, 3.8) is 0 Å². The minimum absolute atomic E-state index is 0.202. The number of aromatic nitrogens is 1. The minimum Gasteiger partial charge on any atom is -0.340 e. The molecule has 1 amide bonds. The molecule has 0 unspecified atom stereocenters. The number of amides is 1. The van der Waals surface area contributed by atoms with E-state index in [4.69, 9.17) is 5.73 Å². The van der Waals surface area contributed by atoms with Crippen LogP contribution in [0.25, 0.3) is 0 Å². The van der Waals surface area contributed by atoms with E-state index in [0.717, 1.165) is 42.9 Å². The summed E-state index contributed by atoms with van der Waals surface area (Å²) in [4.78, 5) is 18.0. The molecule has 0 aliphatic rings. The zero-order valence-electron chi connectivity index (χ0n) is 11.3. The molecule has 0 radical (unpaired) electrons. The zero-order valence-corrected chi connectivity index (χ0v) is 12.1. The molecule has 0 aliphatic carbocycles. The van der Waals surface area contributed by atoms with Crippen molar-refractivity contribution in [2.75, 3.05) is 13.6 Å². The number of aryl methyl sites for hydroxylation is 1. The van der Waals surface area contributed by atoms with Gasteiger partial charge in [-0.05, 0) is 26.3 Å². The number of hydrogen-bond donors (Lipinski definition) is 1. The van der Waals surface area contributed by atoms with Crippen molar-refractivity contribution in [1.29, 1.82) is 0 Å². The molecule has 1 aromatic rings. The van der Waals surface area contributed by atoms with Crippen molar-refractivity contribution in [2.45, 2.75) is 45.6 Å². The van der Waals surface area contributed by atoms with Gasteiger partial charge in [-0.15, -0.1) is 11.3 Å². The van der Waals surface area contributed by atoms with Gasteiger partial charge in [-0.2, -0.15) is 0 Å². The average molecular weight is 269 g/mol. The van der Waals surface area contributed by atoms with Crippen molar-refractivity contribution in [3.8, 4) is 0 Å². The Bertz CT molecular complexity index is 365. The number of hydrogen-bond acceptors (Lipinski definition) is 4. The lowest BCUT2D eigenvalue weighted by Crippen LogP contribution is -2.26. The fourth-order valence-corrected chi connectivity index (χ4v) is 2.38. The molecule has 1 aromatic heterocycles. The lowest BCUT2D eigenvalue weighted by Gasteiger charge is -2.15. The number of carbonyl (C=O) groups is 1. The predicted octanol–water partition coefficient (Wildman–Crippen LogP) is 2.32. The van der Waals surface area contributed by atoms with Crippen LogP contribution in [-0.4, -0.2) is 29.4 Å². The highest BCUT2D eigenvalue weighted by Crippen LogP contribution is 2.11. The van der Waals surface area contributed by atoms with E-state index in [1.54, 1.807) is 16.2 Å². The second kappa shape index (κ2) is 8.21. The molecule has 18 heavy (non-hydrogen) atoms. The van der Waals surface area contributed by atoms with Gasteiger partial charge in [0.1, 0.15) is 0 Å². The molecule has 0 fully saturated rings. The van der Waals surface area contributed by atoms with Gasteiger partial charge < -0.3 is 10.6 Å². The van der Waals surface area contributed by atoms with Gasteiger partial charge in [-0.3, -0.25) is 4.79 Å². The first-order chi connectivity index (χ1) is 8.63. The molecule has 0 spiro atoms. The monoisotopic (exact) mass is 269 g/mol. The number of carbonyl (C=O) groups excluding carboxylic acids is 1. The zero-order chi connectivity index (χ0) is 13.4. The van der Waals surface area contributed by atoms with Crippen molar-refractivity contribution in [3.05, 3.63) is 16.1 Å². The van der Waals surface area contributed by atoms with Gasteiger partial charge in [0, 0.05) is 18.8 Å². The molecule has 1 rings (SSSR count). The third-order valence-electron chi connectivity index (χ3n) is 2.84. The summed E-state index contributed by atoms with van der Waals surface area (Å²) in [5.41, 5.74) is 6.41. The van der Waals surface area contributed by atoms with E-state index in [1.807, 2.05) is 19.4 Å². The third-order valence-corrected chi connectivity index (χ3v) is 3.66. The fourth-order valence-electron chi connectivity index (χ4n) is 1.78. The van der Waals surface area contributed by atoms with Crippen LogP contribution in [0.3, 0.4) is 0 Å². The van der Waals surface area contributed by atoms with E-state index >= 15 is 0 Å². The van der Waals surface area contributed by atoms with Crippen LogP contribution in [0.15, 0.2) is 5.38 Å². The molecule has 0 saturated carbocycles. The minimum atomic E-state index is 0.202. The lowest BCUT2D eigenvalue weighted by molar-refractivity contribution is -0.130. The Morgan fingerprint density at radius 3 is 2.72 bits per heavy atom. The van der Waals surface area contributed by atoms with E-state index in [-0.39, 0.29) is 5.91 Å². The molecule has 5 heteroatoms. The normalized spacial score (nSPS) is 10.6. The number of nitrogens with zero attached hydrogens (tertiary/aromatic N) is 2. The van der Waals surface area contributed by atoms with Crippen LogP contribution in [-0.2, 0) is 11.3 Å². The fraction of sp³-hybridized carbons (Fsp3) is 0.692. The van der Waals surface area contributed by atoms with E-state index < -0.39 is 0 Å². The number of thiazole rings is 1. The Labute approximate surface area is 113 Å². The first-order valence-electron chi connectivity index (χ1n) is 6.48. The molecular weight excluding hydrogens is 246 g/mol. The first-order valence-corrected chi connectivity index (χ1v) is 7.36. The Hall–Kier alpha value is -0.940. The maximum absolute atomic E-state index is 11.9. The van der Waals surface area contributed by atoms with Gasteiger partial charge in [0.05, 0.1) is 17.2 Å². The molecule has 4 nitrogen and oxygen atoms in total. The Kier molecular flexibility index (Phi) is 6.90. The topological polar surface area (TPSA) is 59.2 Å². The van der Waals surface area contributed by atoms with Gasteiger partial charge in [0.15, 0.2) is 0 Å². The van der Waals surface area contributed by atoms with E-state index in [2.05, 4.69) is 4.98 Å². The highest BCUT2D eigenvalue weighted by molar-refractivity contribution is 7.09. The summed E-state index contributed by atoms with van der Waals surface area (Å²) in [6.45, 7) is 3.34. The molecule has 0 aromatic carbocycles. The Morgan fingerprint density at radius 1 is 1.39 bits per heavy atom. The SMILES string of the molecule is Cc1nc(CN(C)C(=O)CCCCCCN)cs1. The van der Waals surface area contributed by atoms with Gasteiger partial charge >= 0.3 is 0 Å². The average Bonchev–Trinajstić information content (AvgIpc) is 2.74. The molecule has 0 atom stereocenters. The van der Waals surface area contributed by atoms with Crippen molar-refractivity contribution < 1.29 is 4.79 Å². The van der Waals surface area contributed by atoms with E-state index in [1.165, 1.54) is 0 Å². The highest BCUT2D eigenvalue weighted by Gasteiger charge is 2.10. The predicted molar refractivity (Wildman–Crippen MR) is 75.5 cm³/mol. The smallest absolute Gasteiger partial charge is 0.222 e. The molecule has 0 bridgehead atoms. The summed E-state index contributed by atoms with van der Waals surface area (Å²) in [6, 6.07) is 0. The summed E-state index contributed by atoms with van der Waals surface area (Å²) >= 11 is 1.62. The molecule has 102 valence electrons. The standard InChI is InChI=1S/C13H23N3OS/c1-11-15-12(10-18-11)9-16(2)13(17)7-5-3-4-6-8-14/h10H,3-9,14H2,1-2H3. The van der Waals surface area contributed by atoms with Gasteiger partial charge in [-0.25, -0.2) is 4.98 Å². The van der Waals surface area contributed by atoms with Crippen LogP contribution in [0.4, 0.5) is 0 Å². The summed E-state index contributed by atoms with van der Waals surface area (Å²) < 4.78 is 0. The number of nitrogens with two attached hydrogens (primary N) is 1. The van der Waals surface area contributed by atoms with Crippen molar-refractivity contribution >= 4 is 17.2 Å².